The molecule has 1 fully saturated rings. The number of nitrogens with two attached hydrogens (primary N) is 1. The van der Waals surface area contributed by atoms with Gasteiger partial charge in [-0.15, -0.1) is 0 Å². The number of rotatable bonds is 2. The van der Waals surface area contributed by atoms with Crippen LogP contribution in [0.5, 0.6) is 0 Å². The molecule has 1 aliphatic rings. The number of nitrogens with zero attached hydrogens (tertiary/aromatic N) is 1. The van der Waals surface area contributed by atoms with Crippen molar-refractivity contribution in [2.24, 2.45) is 0 Å². The lowest BCUT2D eigenvalue weighted by Gasteiger charge is -2.26. The highest BCUT2D eigenvalue weighted by atomic mass is 35.5. The third-order valence-electron chi connectivity index (χ3n) is 2.90. The molecule has 0 aliphatic carbocycles. The zero-order chi connectivity index (χ0) is 11.7. The number of nitrogen functional groups attached to an aromatic ring is 1. The minimum Gasteiger partial charge on any atom is -0.397 e. The molecule has 1 aromatic rings. The van der Waals surface area contributed by atoms with Crippen LogP contribution in [-0.4, -0.2) is 26.3 Å². The molecule has 1 saturated heterocycles. The maximum Gasteiger partial charge on any atom is 0.143 e. The van der Waals surface area contributed by atoms with Crippen LogP contribution in [0.2, 0.25) is 5.02 Å². The SMILES string of the molecule is CN(c1cc(Cl)c(F)cc1N)C1CCOC1. The molecule has 16 heavy (non-hydrogen) atoms. The summed E-state index contributed by atoms with van der Waals surface area (Å²) in [6.45, 7) is 1.43. The van der Waals surface area contributed by atoms with Gasteiger partial charge in [-0.2, -0.15) is 0 Å². The predicted octanol–water partition coefficient (Wildman–Crippen LogP) is 2.29. The second kappa shape index (κ2) is 4.47. The Morgan fingerprint density at radius 3 is 2.94 bits per heavy atom. The largest absolute Gasteiger partial charge is 0.397 e. The number of likely N-dealkylation sites (N-methyl/N-ethyl adjacent to an activating group) is 1. The van der Waals surface area contributed by atoms with Gasteiger partial charge in [-0.3, -0.25) is 0 Å². The summed E-state index contributed by atoms with van der Waals surface area (Å²) < 4.78 is 18.4. The molecular formula is C11H14ClFN2O. The third kappa shape index (κ3) is 2.08. The average Bonchev–Trinajstić information content (AvgIpc) is 2.75. The van der Waals surface area contributed by atoms with Gasteiger partial charge in [0.1, 0.15) is 5.82 Å². The van der Waals surface area contributed by atoms with Crippen molar-refractivity contribution in [2.45, 2.75) is 12.5 Å². The quantitative estimate of drug-likeness (QED) is 0.812. The van der Waals surface area contributed by atoms with Gasteiger partial charge in [0.25, 0.3) is 0 Å². The number of benzene rings is 1. The fraction of sp³-hybridized carbons (Fsp3) is 0.455. The van der Waals surface area contributed by atoms with Gasteiger partial charge in [0.05, 0.1) is 29.0 Å². The fourth-order valence-electron chi connectivity index (χ4n) is 1.88. The minimum atomic E-state index is -0.487. The van der Waals surface area contributed by atoms with E-state index in [1.54, 1.807) is 6.07 Å². The topological polar surface area (TPSA) is 38.5 Å². The zero-order valence-corrected chi connectivity index (χ0v) is 9.80. The molecule has 1 aromatic carbocycles. The maximum atomic E-state index is 13.1. The van der Waals surface area contributed by atoms with E-state index >= 15 is 0 Å². The summed E-state index contributed by atoms with van der Waals surface area (Å²) >= 11 is 5.75. The Balaban J connectivity index is 2.28. The van der Waals surface area contributed by atoms with Crippen LogP contribution in [0.4, 0.5) is 15.8 Å². The first-order chi connectivity index (χ1) is 7.59. The molecule has 0 saturated carbocycles. The van der Waals surface area contributed by atoms with Crippen LogP contribution in [0.1, 0.15) is 6.42 Å². The van der Waals surface area contributed by atoms with Crippen molar-refractivity contribution in [3.8, 4) is 0 Å². The third-order valence-corrected chi connectivity index (χ3v) is 3.19. The molecule has 0 spiro atoms. The van der Waals surface area contributed by atoms with Crippen LogP contribution in [0.25, 0.3) is 0 Å². The number of ether oxygens (including phenoxy) is 1. The fourth-order valence-corrected chi connectivity index (χ4v) is 2.04. The van der Waals surface area contributed by atoms with Crippen LogP contribution in [-0.2, 0) is 4.74 Å². The molecule has 5 heteroatoms. The van der Waals surface area contributed by atoms with Gasteiger partial charge in [0.15, 0.2) is 0 Å². The van der Waals surface area contributed by atoms with Crippen LogP contribution in [0, 0.1) is 5.82 Å². The monoisotopic (exact) mass is 244 g/mol. The summed E-state index contributed by atoms with van der Waals surface area (Å²) in [5.41, 5.74) is 6.93. The number of hydrogen-bond acceptors (Lipinski definition) is 3. The Hall–Kier alpha value is -1.00. The van der Waals surface area contributed by atoms with Gasteiger partial charge in [0.2, 0.25) is 0 Å². The number of hydrogen-bond donors (Lipinski definition) is 1. The van der Waals surface area contributed by atoms with Crippen LogP contribution in [0.15, 0.2) is 12.1 Å². The lowest BCUT2D eigenvalue weighted by molar-refractivity contribution is 0.193. The minimum absolute atomic E-state index is 0.0926. The molecule has 3 nitrogen and oxygen atoms in total. The normalized spacial score (nSPS) is 20.1. The Kier molecular flexibility index (Phi) is 3.21. The summed E-state index contributed by atoms with van der Waals surface area (Å²) in [6, 6.07) is 3.10. The first kappa shape index (κ1) is 11.5. The van der Waals surface area contributed by atoms with Gasteiger partial charge in [-0.05, 0) is 12.5 Å². The van der Waals surface area contributed by atoms with Crippen molar-refractivity contribution in [1.82, 2.24) is 0 Å². The first-order valence-corrected chi connectivity index (χ1v) is 5.52. The molecule has 1 atom stereocenters. The highest BCUT2D eigenvalue weighted by Gasteiger charge is 2.22. The summed E-state index contributed by atoms with van der Waals surface area (Å²) in [7, 11) is 1.92. The van der Waals surface area contributed by atoms with Crippen LogP contribution in [0.3, 0.4) is 0 Å². The maximum absolute atomic E-state index is 13.1. The van der Waals surface area contributed by atoms with Crippen molar-refractivity contribution in [1.29, 1.82) is 0 Å². The average molecular weight is 245 g/mol. The molecule has 0 bridgehead atoms. The molecule has 1 unspecified atom stereocenters. The van der Waals surface area contributed by atoms with Crippen LogP contribution >= 0.6 is 11.6 Å². The highest BCUT2D eigenvalue weighted by molar-refractivity contribution is 6.31. The Morgan fingerprint density at radius 2 is 2.31 bits per heavy atom. The smallest absolute Gasteiger partial charge is 0.143 e. The molecule has 0 amide bonds. The summed E-state index contributed by atoms with van der Waals surface area (Å²) in [6.07, 6.45) is 0.949. The number of anilines is 2. The van der Waals surface area contributed by atoms with Gasteiger partial charge in [-0.1, -0.05) is 11.6 Å². The standard InChI is InChI=1S/C11H14ClFN2O/c1-15(7-2-3-16-6-7)11-4-8(12)9(13)5-10(11)14/h4-5,7H,2-3,6,14H2,1H3. The molecule has 0 radical (unpaired) electrons. The van der Waals surface area contributed by atoms with Gasteiger partial charge >= 0.3 is 0 Å². The zero-order valence-electron chi connectivity index (χ0n) is 9.04. The second-order valence-electron chi connectivity index (χ2n) is 3.95. The Morgan fingerprint density at radius 1 is 1.56 bits per heavy atom. The van der Waals surface area contributed by atoms with E-state index in [1.807, 2.05) is 11.9 Å². The predicted molar refractivity (Wildman–Crippen MR) is 63.4 cm³/mol. The van der Waals surface area contributed by atoms with E-state index in [0.29, 0.717) is 12.3 Å². The first-order valence-electron chi connectivity index (χ1n) is 5.14. The van der Waals surface area contributed by atoms with Gasteiger partial charge in [-0.25, -0.2) is 4.39 Å². The highest BCUT2D eigenvalue weighted by Crippen LogP contribution is 2.31. The van der Waals surface area contributed by atoms with E-state index in [4.69, 9.17) is 22.1 Å². The lowest BCUT2D eigenvalue weighted by Crippen LogP contribution is -2.32. The Bertz CT molecular complexity index is 394. The van der Waals surface area contributed by atoms with E-state index < -0.39 is 5.82 Å². The van der Waals surface area contributed by atoms with E-state index in [1.165, 1.54) is 6.07 Å². The molecule has 2 N–H and O–H groups in total. The van der Waals surface area contributed by atoms with E-state index in [-0.39, 0.29) is 11.1 Å². The van der Waals surface area contributed by atoms with Gasteiger partial charge in [0, 0.05) is 19.7 Å². The molecule has 0 aromatic heterocycles. The molecule has 88 valence electrons. The van der Waals surface area contributed by atoms with Crippen molar-refractivity contribution in [3.05, 3.63) is 23.0 Å². The Labute approximate surface area is 98.9 Å². The summed E-state index contributed by atoms with van der Waals surface area (Å²) in [5, 5.41) is 0.0926. The van der Waals surface area contributed by atoms with E-state index in [0.717, 1.165) is 18.7 Å². The van der Waals surface area contributed by atoms with E-state index in [2.05, 4.69) is 0 Å². The van der Waals surface area contributed by atoms with Crippen molar-refractivity contribution < 1.29 is 9.13 Å². The molecule has 1 aliphatic heterocycles. The van der Waals surface area contributed by atoms with E-state index in [9.17, 15) is 4.39 Å². The molecular weight excluding hydrogens is 231 g/mol. The van der Waals surface area contributed by atoms with Gasteiger partial charge < -0.3 is 15.4 Å². The van der Waals surface area contributed by atoms with Crippen molar-refractivity contribution in [3.63, 3.8) is 0 Å². The van der Waals surface area contributed by atoms with Crippen molar-refractivity contribution in [2.75, 3.05) is 30.9 Å². The second-order valence-corrected chi connectivity index (χ2v) is 4.36. The van der Waals surface area contributed by atoms with Crippen molar-refractivity contribution >= 4 is 23.0 Å². The summed E-state index contributed by atoms with van der Waals surface area (Å²) in [4.78, 5) is 1.99. The van der Waals surface area contributed by atoms with Crippen LogP contribution < -0.4 is 10.6 Å². The summed E-state index contributed by atoms with van der Waals surface area (Å²) in [5.74, 6) is -0.487. The lowest BCUT2D eigenvalue weighted by atomic mass is 10.2. The number of halogens is 2. The molecule has 2 rings (SSSR count). The molecule has 1 heterocycles.